The summed E-state index contributed by atoms with van der Waals surface area (Å²) in [5.41, 5.74) is 7.10. The van der Waals surface area contributed by atoms with E-state index < -0.39 is 0 Å². The molecule has 2 rings (SSSR count). The third-order valence-corrected chi connectivity index (χ3v) is 3.37. The van der Waals surface area contributed by atoms with E-state index in [0.717, 1.165) is 18.8 Å². The standard InChI is InChI=1S/C13H16N2S/c1-10-4-3-5-11(2)13(10)7-14-6-12-8-16-9-15-12/h3-5,8-9,14H,6-7H2,1-2H3. The number of rotatable bonds is 4. The van der Waals surface area contributed by atoms with E-state index in [-0.39, 0.29) is 0 Å². The first-order valence-electron chi connectivity index (χ1n) is 5.40. The van der Waals surface area contributed by atoms with Gasteiger partial charge in [0.1, 0.15) is 0 Å². The molecule has 0 fully saturated rings. The SMILES string of the molecule is Cc1cccc(C)c1CNCc1cscn1. The second kappa shape index (κ2) is 5.23. The molecule has 0 aliphatic heterocycles. The second-order valence-corrected chi connectivity index (χ2v) is 4.67. The van der Waals surface area contributed by atoms with Crippen LogP contribution in [0.3, 0.4) is 0 Å². The van der Waals surface area contributed by atoms with Crippen LogP contribution in [0.1, 0.15) is 22.4 Å². The summed E-state index contributed by atoms with van der Waals surface area (Å²) < 4.78 is 0. The Kier molecular flexibility index (Phi) is 3.70. The van der Waals surface area contributed by atoms with Crippen LogP contribution in [0, 0.1) is 13.8 Å². The normalized spacial score (nSPS) is 10.6. The van der Waals surface area contributed by atoms with Gasteiger partial charge in [-0.25, -0.2) is 4.98 Å². The van der Waals surface area contributed by atoms with Gasteiger partial charge in [-0.1, -0.05) is 18.2 Å². The Labute approximate surface area is 100 Å². The van der Waals surface area contributed by atoms with Crippen molar-refractivity contribution in [2.24, 2.45) is 0 Å². The van der Waals surface area contributed by atoms with Gasteiger partial charge < -0.3 is 5.32 Å². The number of nitrogens with one attached hydrogen (secondary N) is 1. The summed E-state index contributed by atoms with van der Waals surface area (Å²) in [6, 6.07) is 6.42. The van der Waals surface area contributed by atoms with Gasteiger partial charge in [0.25, 0.3) is 0 Å². The highest BCUT2D eigenvalue weighted by atomic mass is 32.1. The molecule has 3 heteroatoms. The maximum atomic E-state index is 4.25. The van der Waals surface area contributed by atoms with Crippen molar-refractivity contribution in [3.63, 3.8) is 0 Å². The van der Waals surface area contributed by atoms with Crippen LogP contribution in [0.25, 0.3) is 0 Å². The van der Waals surface area contributed by atoms with E-state index in [1.54, 1.807) is 11.3 Å². The van der Waals surface area contributed by atoms with E-state index in [1.165, 1.54) is 16.7 Å². The lowest BCUT2D eigenvalue weighted by atomic mass is 10.0. The number of hydrogen-bond donors (Lipinski definition) is 1. The highest BCUT2D eigenvalue weighted by Crippen LogP contribution is 2.12. The monoisotopic (exact) mass is 232 g/mol. The lowest BCUT2D eigenvalue weighted by molar-refractivity contribution is 0.677. The fourth-order valence-electron chi connectivity index (χ4n) is 1.77. The number of thiazole rings is 1. The van der Waals surface area contributed by atoms with Crippen molar-refractivity contribution in [2.45, 2.75) is 26.9 Å². The molecule has 16 heavy (non-hydrogen) atoms. The molecule has 0 saturated heterocycles. The van der Waals surface area contributed by atoms with Crippen LogP contribution in [0.2, 0.25) is 0 Å². The average molecular weight is 232 g/mol. The summed E-state index contributed by atoms with van der Waals surface area (Å²) in [5.74, 6) is 0. The molecule has 1 aromatic heterocycles. The van der Waals surface area contributed by atoms with Crippen molar-refractivity contribution in [1.29, 1.82) is 0 Å². The molecule has 0 saturated carbocycles. The highest BCUT2D eigenvalue weighted by Gasteiger charge is 2.01. The van der Waals surface area contributed by atoms with Gasteiger partial charge in [0, 0.05) is 18.5 Å². The molecule has 2 nitrogen and oxygen atoms in total. The summed E-state index contributed by atoms with van der Waals surface area (Å²) >= 11 is 1.64. The molecule has 1 N–H and O–H groups in total. The summed E-state index contributed by atoms with van der Waals surface area (Å²) in [4.78, 5) is 4.25. The smallest absolute Gasteiger partial charge is 0.0795 e. The number of hydrogen-bond acceptors (Lipinski definition) is 3. The minimum absolute atomic E-state index is 0.845. The molecule has 0 unspecified atom stereocenters. The van der Waals surface area contributed by atoms with Crippen molar-refractivity contribution in [2.75, 3.05) is 0 Å². The minimum atomic E-state index is 0.845. The van der Waals surface area contributed by atoms with Gasteiger partial charge in [-0.3, -0.25) is 0 Å². The first-order valence-corrected chi connectivity index (χ1v) is 6.34. The number of nitrogens with zero attached hydrogens (tertiary/aromatic N) is 1. The van der Waals surface area contributed by atoms with Gasteiger partial charge >= 0.3 is 0 Å². The minimum Gasteiger partial charge on any atom is -0.307 e. The molecule has 1 aromatic carbocycles. The number of aryl methyl sites for hydroxylation is 2. The summed E-state index contributed by atoms with van der Waals surface area (Å²) in [5, 5.41) is 5.51. The first-order chi connectivity index (χ1) is 7.77. The predicted molar refractivity (Wildman–Crippen MR) is 68.6 cm³/mol. The zero-order chi connectivity index (χ0) is 11.4. The highest BCUT2D eigenvalue weighted by molar-refractivity contribution is 7.07. The Balaban J connectivity index is 1.95. The molecular weight excluding hydrogens is 216 g/mol. The van der Waals surface area contributed by atoms with Gasteiger partial charge in [0.15, 0.2) is 0 Å². The van der Waals surface area contributed by atoms with Crippen molar-refractivity contribution < 1.29 is 0 Å². The van der Waals surface area contributed by atoms with Crippen LogP contribution in [-0.2, 0) is 13.1 Å². The molecule has 2 aromatic rings. The van der Waals surface area contributed by atoms with Crippen LogP contribution in [-0.4, -0.2) is 4.98 Å². The fourth-order valence-corrected chi connectivity index (χ4v) is 2.33. The largest absolute Gasteiger partial charge is 0.307 e. The molecule has 0 radical (unpaired) electrons. The van der Waals surface area contributed by atoms with Crippen LogP contribution in [0.5, 0.6) is 0 Å². The molecule has 0 atom stereocenters. The van der Waals surface area contributed by atoms with Crippen molar-refractivity contribution in [1.82, 2.24) is 10.3 Å². The van der Waals surface area contributed by atoms with E-state index in [4.69, 9.17) is 0 Å². The Morgan fingerprint density at radius 1 is 1.19 bits per heavy atom. The van der Waals surface area contributed by atoms with E-state index in [1.807, 2.05) is 5.51 Å². The molecule has 0 amide bonds. The van der Waals surface area contributed by atoms with Crippen molar-refractivity contribution in [3.8, 4) is 0 Å². The third-order valence-electron chi connectivity index (χ3n) is 2.74. The maximum absolute atomic E-state index is 4.25. The summed E-state index contributed by atoms with van der Waals surface area (Å²) in [6.45, 7) is 6.08. The number of aromatic nitrogens is 1. The van der Waals surface area contributed by atoms with E-state index in [0.29, 0.717) is 0 Å². The molecule has 1 heterocycles. The first kappa shape index (κ1) is 11.3. The second-order valence-electron chi connectivity index (χ2n) is 3.95. The molecule has 0 spiro atoms. The fraction of sp³-hybridized carbons (Fsp3) is 0.308. The predicted octanol–water partition coefficient (Wildman–Crippen LogP) is 3.05. The zero-order valence-electron chi connectivity index (χ0n) is 9.66. The summed E-state index contributed by atoms with van der Waals surface area (Å²) in [7, 11) is 0. The van der Waals surface area contributed by atoms with Crippen LogP contribution in [0.15, 0.2) is 29.1 Å². The van der Waals surface area contributed by atoms with Gasteiger partial charge in [-0.2, -0.15) is 0 Å². The van der Waals surface area contributed by atoms with Crippen molar-refractivity contribution in [3.05, 3.63) is 51.5 Å². The molecular formula is C13H16N2S. The van der Waals surface area contributed by atoms with Gasteiger partial charge in [0.05, 0.1) is 11.2 Å². The van der Waals surface area contributed by atoms with Crippen molar-refractivity contribution >= 4 is 11.3 Å². The van der Waals surface area contributed by atoms with Crippen LogP contribution >= 0.6 is 11.3 Å². The third kappa shape index (κ3) is 2.68. The Morgan fingerprint density at radius 2 is 1.94 bits per heavy atom. The molecule has 84 valence electrons. The molecule has 0 bridgehead atoms. The van der Waals surface area contributed by atoms with Gasteiger partial charge in [0.2, 0.25) is 0 Å². The Hall–Kier alpha value is -1.19. The Bertz CT molecular complexity index is 429. The topological polar surface area (TPSA) is 24.9 Å². The lowest BCUT2D eigenvalue weighted by Gasteiger charge is -2.10. The van der Waals surface area contributed by atoms with Crippen LogP contribution in [0.4, 0.5) is 0 Å². The van der Waals surface area contributed by atoms with Gasteiger partial charge in [-0.15, -0.1) is 11.3 Å². The van der Waals surface area contributed by atoms with Gasteiger partial charge in [-0.05, 0) is 30.5 Å². The van der Waals surface area contributed by atoms with E-state index in [2.05, 4.69) is 47.7 Å². The quantitative estimate of drug-likeness (QED) is 0.876. The van der Waals surface area contributed by atoms with E-state index >= 15 is 0 Å². The Morgan fingerprint density at radius 3 is 2.56 bits per heavy atom. The van der Waals surface area contributed by atoms with E-state index in [9.17, 15) is 0 Å². The van der Waals surface area contributed by atoms with Crippen LogP contribution < -0.4 is 5.32 Å². The lowest BCUT2D eigenvalue weighted by Crippen LogP contribution is -2.14. The molecule has 0 aliphatic carbocycles. The summed E-state index contributed by atoms with van der Waals surface area (Å²) in [6.07, 6.45) is 0. The maximum Gasteiger partial charge on any atom is 0.0795 e. The zero-order valence-corrected chi connectivity index (χ0v) is 10.5. The average Bonchev–Trinajstić information content (AvgIpc) is 2.75. The number of benzene rings is 1. The molecule has 0 aliphatic rings.